The zero-order valence-corrected chi connectivity index (χ0v) is 19.7. The van der Waals surface area contributed by atoms with Crippen molar-refractivity contribution in [1.82, 2.24) is 9.78 Å². The molecule has 0 aliphatic heterocycles. The monoisotopic (exact) mass is 517 g/mol. The number of aromatic nitrogens is 2. The number of nitrogens with one attached hydrogen (secondary N) is 1. The van der Waals surface area contributed by atoms with Crippen LogP contribution in [0.15, 0.2) is 58.7 Å². The van der Waals surface area contributed by atoms with Crippen molar-refractivity contribution < 1.29 is 32.2 Å². The fourth-order valence-electron chi connectivity index (χ4n) is 3.34. The van der Waals surface area contributed by atoms with Gasteiger partial charge in [0.1, 0.15) is 10.8 Å². The Hall–Kier alpha value is -4.19. The molecule has 0 saturated heterocycles. The van der Waals surface area contributed by atoms with E-state index in [9.17, 15) is 27.6 Å². The Morgan fingerprint density at radius 1 is 1.08 bits per heavy atom. The quantitative estimate of drug-likeness (QED) is 0.358. The molecule has 4 rings (SSSR count). The van der Waals surface area contributed by atoms with Gasteiger partial charge in [-0.25, -0.2) is 4.79 Å². The molecule has 8 nitrogen and oxygen atoms in total. The van der Waals surface area contributed by atoms with Crippen LogP contribution in [-0.4, -0.2) is 34.6 Å². The third-order valence-corrected chi connectivity index (χ3v) is 5.87. The van der Waals surface area contributed by atoms with Gasteiger partial charge in [-0.15, -0.1) is 24.5 Å². The number of esters is 1. The number of alkyl halides is 3. The van der Waals surface area contributed by atoms with Crippen LogP contribution in [-0.2, 0) is 4.74 Å². The van der Waals surface area contributed by atoms with Gasteiger partial charge in [-0.05, 0) is 50.2 Å². The minimum Gasteiger partial charge on any atom is -0.461 e. The molecule has 186 valence electrons. The topological polar surface area (TPSA) is 99.5 Å². The molecule has 2 aromatic carbocycles. The average molecular weight is 517 g/mol. The number of anilines is 1. The normalized spacial score (nSPS) is 11.4. The molecule has 1 amide bonds. The van der Waals surface area contributed by atoms with E-state index < -0.39 is 29.5 Å². The summed E-state index contributed by atoms with van der Waals surface area (Å²) in [5.41, 5.74) is 0.524. The van der Waals surface area contributed by atoms with Crippen LogP contribution in [0.2, 0.25) is 0 Å². The second-order valence-electron chi connectivity index (χ2n) is 7.50. The van der Waals surface area contributed by atoms with Crippen LogP contribution in [0.1, 0.15) is 33.3 Å². The summed E-state index contributed by atoms with van der Waals surface area (Å²) in [6, 6.07) is 11.2. The number of hydrogen-bond acceptors (Lipinski definition) is 7. The number of amides is 1. The highest BCUT2D eigenvalue weighted by molar-refractivity contribution is 7.16. The molecule has 2 heterocycles. The van der Waals surface area contributed by atoms with Crippen molar-refractivity contribution in [2.75, 3.05) is 11.9 Å². The Kier molecular flexibility index (Phi) is 6.80. The minimum absolute atomic E-state index is 0.00846. The lowest BCUT2D eigenvalue weighted by atomic mass is 10.1. The maximum atomic E-state index is 13.4. The van der Waals surface area contributed by atoms with E-state index in [2.05, 4.69) is 15.2 Å². The Balaban J connectivity index is 1.81. The summed E-state index contributed by atoms with van der Waals surface area (Å²) in [6.45, 7) is 3.53. The van der Waals surface area contributed by atoms with Gasteiger partial charge in [0, 0.05) is 16.3 Å². The molecule has 36 heavy (non-hydrogen) atoms. The lowest BCUT2D eigenvalue weighted by molar-refractivity contribution is -0.274. The van der Waals surface area contributed by atoms with Crippen molar-refractivity contribution in [2.24, 2.45) is 0 Å². The maximum absolute atomic E-state index is 13.4. The zero-order valence-electron chi connectivity index (χ0n) is 18.9. The van der Waals surface area contributed by atoms with E-state index in [1.165, 1.54) is 17.5 Å². The Bertz CT molecular complexity index is 1490. The number of aryl methyl sites for hydroxylation is 1. The van der Waals surface area contributed by atoms with E-state index >= 15 is 0 Å². The fraction of sp³-hybridized carbons (Fsp3) is 0.167. The van der Waals surface area contributed by atoms with Crippen LogP contribution >= 0.6 is 11.3 Å². The molecule has 0 unspecified atom stereocenters. The van der Waals surface area contributed by atoms with Crippen LogP contribution < -0.4 is 15.6 Å². The summed E-state index contributed by atoms with van der Waals surface area (Å²) in [5, 5.41) is 8.68. The third kappa shape index (κ3) is 5.23. The van der Waals surface area contributed by atoms with E-state index in [0.29, 0.717) is 5.56 Å². The van der Waals surface area contributed by atoms with Crippen LogP contribution in [0.4, 0.5) is 18.2 Å². The fourth-order valence-corrected chi connectivity index (χ4v) is 4.27. The first kappa shape index (κ1) is 24.9. The van der Waals surface area contributed by atoms with Gasteiger partial charge in [0.15, 0.2) is 5.69 Å². The van der Waals surface area contributed by atoms with Gasteiger partial charge < -0.3 is 14.8 Å². The molecule has 4 aromatic rings. The molecule has 0 bridgehead atoms. The summed E-state index contributed by atoms with van der Waals surface area (Å²) >= 11 is 1.03. The predicted molar refractivity (Wildman–Crippen MR) is 127 cm³/mol. The summed E-state index contributed by atoms with van der Waals surface area (Å²) in [7, 11) is 0. The standard InChI is InChI=1S/C24H18F3N3O5S/c1-3-34-23(33)19-17-12-36-21(28-20(31)14-6-4-13(2)5-7-14)18(17)22(32)30(29-19)15-8-10-16(11-9-15)35-24(25,26)27/h4-12H,3H2,1-2H3,(H,28,31). The van der Waals surface area contributed by atoms with Gasteiger partial charge in [-0.1, -0.05) is 17.7 Å². The number of thiophene rings is 1. The van der Waals surface area contributed by atoms with Gasteiger partial charge in [0.2, 0.25) is 0 Å². The largest absolute Gasteiger partial charge is 0.573 e. The molecule has 0 aliphatic carbocycles. The van der Waals surface area contributed by atoms with Crippen molar-refractivity contribution in [1.29, 1.82) is 0 Å². The molecular weight excluding hydrogens is 499 g/mol. The number of halogens is 3. The zero-order chi connectivity index (χ0) is 26.0. The number of ether oxygens (including phenoxy) is 2. The number of nitrogens with zero attached hydrogens (tertiary/aromatic N) is 2. The summed E-state index contributed by atoms with van der Waals surface area (Å²) in [4.78, 5) is 38.8. The van der Waals surface area contributed by atoms with Gasteiger partial charge in [0.25, 0.3) is 11.5 Å². The summed E-state index contributed by atoms with van der Waals surface area (Å²) in [5.74, 6) is -1.76. The first-order valence-corrected chi connectivity index (χ1v) is 11.4. The van der Waals surface area contributed by atoms with E-state index in [4.69, 9.17) is 4.74 Å². The average Bonchev–Trinajstić information content (AvgIpc) is 3.23. The predicted octanol–water partition coefficient (Wildman–Crippen LogP) is 5.08. The first-order valence-electron chi connectivity index (χ1n) is 10.5. The summed E-state index contributed by atoms with van der Waals surface area (Å²) < 4.78 is 47.3. The number of fused-ring (bicyclic) bond motifs is 1. The maximum Gasteiger partial charge on any atom is 0.573 e. The van der Waals surface area contributed by atoms with E-state index in [1.807, 2.05) is 6.92 Å². The minimum atomic E-state index is -4.88. The number of carbonyl (C=O) groups excluding carboxylic acids is 2. The number of rotatable bonds is 6. The molecule has 0 radical (unpaired) electrons. The van der Waals surface area contributed by atoms with E-state index in [0.717, 1.165) is 33.7 Å². The van der Waals surface area contributed by atoms with Crippen molar-refractivity contribution in [3.8, 4) is 11.4 Å². The Labute approximate surface area is 205 Å². The van der Waals surface area contributed by atoms with Crippen LogP contribution in [0.3, 0.4) is 0 Å². The van der Waals surface area contributed by atoms with Crippen molar-refractivity contribution in [3.05, 3.63) is 81.1 Å². The Morgan fingerprint density at radius 3 is 2.36 bits per heavy atom. The van der Waals surface area contributed by atoms with Crippen molar-refractivity contribution >= 4 is 39.0 Å². The second-order valence-corrected chi connectivity index (χ2v) is 8.38. The number of benzene rings is 2. The highest BCUT2D eigenvalue weighted by Crippen LogP contribution is 2.31. The number of carbonyl (C=O) groups is 2. The molecule has 12 heteroatoms. The van der Waals surface area contributed by atoms with Crippen molar-refractivity contribution in [2.45, 2.75) is 20.2 Å². The van der Waals surface area contributed by atoms with Crippen LogP contribution in [0.25, 0.3) is 16.5 Å². The molecule has 0 saturated carbocycles. The molecular formula is C24H18F3N3O5S. The molecule has 2 aromatic heterocycles. The van der Waals surface area contributed by atoms with Gasteiger partial charge in [-0.2, -0.15) is 9.78 Å². The van der Waals surface area contributed by atoms with E-state index in [-0.39, 0.29) is 33.8 Å². The SMILES string of the molecule is CCOC(=O)c1nn(-c2ccc(OC(F)(F)F)cc2)c(=O)c2c(NC(=O)c3ccc(C)cc3)scc12. The Morgan fingerprint density at radius 2 is 1.75 bits per heavy atom. The second kappa shape index (κ2) is 9.82. The van der Waals surface area contributed by atoms with Gasteiger partial charge in [0.05, 0.1) is 17.7 Å². The molecule has 0 aliphatic rings. The third-order valence-electron chi connectivity index (χ3n) is 4.98. The molecule has 1 N–H and O–H groups in total. The number of hydrogen-bond donors (Lipinski definition) is 1. The molecule has 0 atom stereocenters. The van der Waals surface area contributed by atoms with Crippen molar-refractivity contribution in [3.63, 3.8) is 0 Å². The van der Waals surface area contributed by atoms with Crippen LogP contribution in [0, 0.1) is 6.92 Å². The molecule has 0 spiro atoms. The molecule has 0 fully saturated rings. The van der Waals surface area contributed by atoms with Crippen LogP contribution in [0.5, 0.6) is 5.75 Å². The first-order chi connectivity index (χ1) is 17.1. The van der Waals surface area contributed by atoms with Gasteiger partial charge >= 0.3 is 12.3 Å². The highest BCUT2D eigenvalue weighted by atomic mass is 32.1. The lowest BCUT2D eigenvalue weighted by Crippen LogP contribution is -2.25. The summed E-state index contributed by atoms with van der Waals surface area (Å²) in [6.07, 6.45) is -4.88. The lowest BCUT2D eigenvalue weighted by Gasteiger charge is -2.12. The van der Waals surface area contributed by atoms with Gasteiger partial charge in [-0.3, -0.25) is 9.59 Å². The smallest absolute Gasteiger partial charge is 0.461 e. The van der Waals surface area contributed by atoms with E-state index in [1.54, 1.807) is 31.2 Å². The highest BCUT2D eigenvalue weighted by Gasteiger charge is 2.31.